The number of methoxy groups -OCH3 is 1. The van der Waals surface area contributed by atoms with E-state index in [0.717, 1.165) is 55.7 Å². The molecule has 1 N–H and O–H groups in total. The number of nitrogens with one attached hydrogen (secondary N) is 1. The molecule has 0 bridgehead atoms. The van der Waals surface area contributed by atoms with Gasteiger partial charge < -0.3 is 15.0 Å². The van der Waals surface area contributed by atoms with Gasteiger partial charge in [0.15, 0.2) is 0 Å². The number of anilines is 2. The van der Waals surface area contributed by atoms with Crippen molar-refractivity contribution < 1.29 is 4.74 Å². The maximum atomic E-state index is 5.12. The second-order valence-electron chi connectivity index (χ2n) is 6.48. The minimum absolute atomic E-state index is 0.753. The van der Waals surface area contributed by atoms with E-state index in [9.17, 15) is 0 Å². The molecule has 0 radical (unpaired) electrons. The highest BCUT2D eigenvalue weighted by Gasteiger charge is 2.15. The Bertz CT molecular complexity index is 639. The van der Waals surface area contributed by atoms with Crippen LogP contribution in [0.15, 0.2) is 36.4 Å². The van der Waals surface area contributed by atoms with Gasteiger partial charge in [-0.1, -0.05) is 43.2 Å². The fourth-order valence-electron chi connectivity index (χ4n) is 3.13. The zero-order chi connectivity index (χ0) is 17.3. The molecular formula is C20H28N4O. The highest BCUT2D eigenvalue weighted by molar-refractivity contribution is 5.64. The van der Waals surface area contributed by atoms with Crippen LogP contribution in [0.2, 0.25) is 0 Å². The van der Waals surface area contributed by atoms with E-state index in [1.807, 2.05) is 12.1 Å². The predicted molar refractivity (Wildman–Crippen MR) is 103 cm³/mol. The third kappa shape index (κ3) is 5.16. The van der Waals surface area contributed by atoms with Crippen LogP contribution in [0.1, 0.15) is 32.1 Å². The van der Waals surface area contributed by atoms with Crippen LogP contribution in [0, 0.1) is 0 Å². The Morgan fingerprint density at radius 1 is 1.04 bits per heavy atom. The van der Waals surface area contributed by atoms with Crippen LogP contribution >= 0.6 is 0 Å². The first-order valence-electron chi connectivity index (χ1n) is 9.29. The molecule has 1 aromatic heterocycles. The van der Waals surface area contributed by atoms with Gasteiger partial charge in [0.2, 0.25) is 5.95 Å². The Balaban J connectivity index is 1.84. The normalized spacial score (nSPS) is 15.0. The van der Waals surface area contributed by atoms with Gasteiger partial charge in [0, 0.05) is 45.0 Å². The van der Waals surface area contributed by atoms with E-state index in [-0.39, 0.29) is 0 Å². The molecule has 25 heavy (non-hydrogen) atoms. The summed E-state index contributed by atoms with van der Waals surface area (Å²) in [7, 11) is 1.73. The Morgan fingerprint density at radius 2 is 1.80 bits per heavy atom. The van der Waals surface area contributed by atoms with Gasteiger partial charge in [-0.3, -0.25) is 0 Å². The van der Waals surface area contributed by atoms with Gasteiger partial charge in [-0.2, -0.15) is 4.98 Å². The molecule has 1 aromatic carbocycles. The summed E-state index contributed by atoms with van der Waals surface area (Å²) in [5.74, 6) is 1.74. The Kier molecular flexibility index (Phi) is 6.63. The van der Waals surface area contributed by atoms with Crippen molar-refractivity contribution in [1.29, 1.82) is 0 Å². The summed E-state index contributed by atoms with van der Waals surface area (Å²) in [4.78, 5) is 12.0. The molecule has 2 heterocycles. The van der Waals surface area contributed by atoms with Gasteiger partial charge >= 0.3 is 0 Å². The maximum Gasteiger partial charge on any atom is 0.227 e. The minimum atomic E-state index is 0.753. The minimum Gasteiger partial charge on any atom is -0.385 e. The number of hydrogen-bond donors (Lipinski definition) is 1. The van der Waals surface area contributed by atoms with Crippen LogP contribution in [0.4, 0.5) is 11.8 Å². The maximum absolute atomic E-state index is 5.12. The van der Waals surface area contributed by atoms with Gasteiger partial charge in [-0.15, -0.1) is 0 Å². The Labute approximate surface area is 150 Å². The molecule has 1 fully saturated rings. The lowest BCUT2D eigenvalue weighted by Crippen LogP contribution is -2.26. The van der Waals surface area contributed by atoms with E-state index in [1.54, 1.807) is 7.11 Å². The fraction of sp³-hybridized carbons (Fsp3) is 0.500. The smallest absolute Gasteiger partial charge is 0.227 e. The number of benzene rings is 1. The Hall–Kier alpha value is -2.14. The van der Waals surface area contributed by atoms with Gasteiger partial charge in [0.25, 0.3) is 0 Å². The second-order valence-corrected chi connectivity index (χ2v) is 6.48. The highest BCUT2D eigenvalue weighted by Crippen LogP contribution is 2.24. The van der Waals surface area contributed by atoms with Crippen molar-refractivity contribution in [2.45, 2.75) is 32.1 Å². The van der Waals surface area contributed by atoms with Crippen molar-refractivity contribution in [3.63, 3.8) is 0 Å². The van der Waals surface area contributed by atoms with Crippen LogP contribution in [0.3, 0.4) is 0 Å². The molecule has 5 nitrogen and oxygen atoms in total. The second kappa shape index (κ2) is 9.37. The first-order chi connectivity index (χ1) is 12.4. The van der Waals surface area contributed by atoms with E-state index in [2.05, 4.69) is 34.5 Å². The third-order valence-corrected chi connectivity index (χ3v) is 4.50. The predicted octanol–water partition coefficient (Wildman–Crippen LogP) is 3.97. The zero-order valence-electron chi connectivity index (χ0n) is 15.1. The number of hydrogen-bond acceptors (Lipinski definition) is 5. The third-order valence-electron chi connectivity index (χ3n) is 4.50. The topological polar surface area (TPSA) is 50.3 Å². The SMILES string of the molecule is COCCCNc1cc(-c2ccccc2)nc(N2CCCCCC2)n1. The van der Waals surface area contributed by atoms with Crippen LogP contribution in [0.25, 0.3) is 11.3 Å². The molecule has 1 aliphatic heterocycles. The fourth-order valence-corrected chi connectivity index (χ4v) is 3.13. The average Bonchev–Trinajstić information content (AvgIpc) is 2.95. The zero-order valence-corrected chi connectivity index (χ0v) is 15.1. The quantitative estimate of drug-likeness (QED) is 0.773. The molecule has 0 spiro atoms. The summed E-state index contributed by atoms with van der Waals surface area (Å²) in [6, 6.07) is 12.4. The molecule has 0 aliphatic carbocycles. The lowest BCUT2D eigenvalue weighted by molar-refractivity contribution is 0.198. The first kappa shape index (κ1) is 17.7. The van der Waals surface area contributed by atoms with Crippen molar-refractivity contribution in [2.75, 3.05) is 43.6 Å². The van der Waals surface area contributed by atoms with Crippen molar-refractivity contribution >= 4 is 11.8 Å². The van der Waals surface area contributed by atoms with E-state index in [4.69, 9.17) is 14.7 Å². The van der Waals surface area contributed by atoms with Crippen molar-refractivity contribution in [2.24, 2.45) is 0 Å². The van der Waals surface area contributed by atoms with Crippen molar-refractivity contribution in [1.82, 2.24) is 9.97 Å². The van der Waals surface area contributed by atoms with Crippen LogP contribution in [0.5, 0.6) is 0 Å². The molecule has 2 aromatic rings. The molecule has 0 saturated carbocycles. The van der Waals surface area contributed by atoms with Crippen LogP contribution in [-0.4, -0.2) is 43.3 Å². The Morgan fingerprint density at radius 3 is 2.52 bits per heavy atom. The summed E-state index contributed by atoms with van der Waals surface area (Å²) in [6.45, 7) is 3.68. The number of aromatic nitrogens is 2. The number of nitrogens with zero attached hydrogens (tertiary/aromatic N) is 3. The van der Waals surface area contributed by atoms with E-state index >= 15 is 0 Å². The highest BCUT2D eigenvalue weighted by atomic mass is 16.5. The van der Waals surface area contributed by atoms with E-state index in [1.165, 1.54) is 25.7 Å². The molecule has 1 aliphatic rings. The van der Waals surface area contributed by atoms with Crippen molar-refractivity contribution in [3.05, 3.63) is 36.4 Å². The molecular weight excluding hydrogens is 312 g/mol. The summed E-state index contributed by atoms with van der Waals surface area (Å²) >= 11 is 0. The number of rotatable bonds is 7. The molecule has 0 amide bonds. The summed E-state index contributed by atoms with van der Waals surface area (Å²) < 4.78 is 5.12. The van der Waals surface area contributed by atoms with Crippen LogP contribution in [-0.2, 0) is 4.74 Å². The van der Waals surface area contributed by atoms with Gasteiger partial charge in [0.05, 0.1) is 5.69 Å². The largest absolute Gasteiger partial charge is 0.385 e. The van der Waals surface area contributed by atoms with E-state index < -0.39 is 0 Å². The van der Waals surface area contributed by atoms with Gasteiger partial charge in [-0.25, -0.2) is 4.98 Å². The standard InChI is InChI=1S/C20H28N4O/c1-25-15-9-12-21-19-16-18(17-10-5-4-6-11-17)22-20(23-19)24-13-7-2-3-8-14-24/h4-6,10-11,16H,2-3,7-9,12-15H2,1H3,(H,21,22,23). The molecule has 134 valence electrons. The summed E-state index contributed by atoms with van der Waals surface area (Å²) in [5.41, 5.74) is 2.10. The monoisotopic (exact) mass is 340 g/mol. The van der Waals surface area contributed by atoms with E-state index in [0.29, 0.717) is 0 Å². The van der Waals surface area contributed by atoms with Crippen molar-refractivity contribution in [3.8, 4) is 11.3 Å². The van der Waals surface area contributed by atoms with Gasteiger partial charge in [-0.05, 0) is 19.3 Å². The lowest BCUT2D eigenvalue weighted by Gasteiger charge is -2.21. The van der Waals surface area contributed by atoms with Crippen LogP contribution < -0.4 is 10.2 Å². The first-order valence-corrected chi connectivity index (χ1v) is 9.29. The van der Waals surface area contributed by atoms with Gasteiger partial charge in [0.1, 0.15) is 5.82 Å². The molecule has 5 heteroatoms. The summed E-state index contributed by atoms with van der Waals surface area (Å²) in [6.07, 6.45) is 6.00. The molecule has 3 rings (SSSR count). The number of ether oxygens (including phenoxy) is 1. The molecule has 1 saturated heterocycles. The summed E-state index contributed by atoms with van der Waals surface area (Å²) in [5, 5.41) is 3.43. The average molecular weight is 340 g/mol. The molecule has 0 unspecified atom stereocenters. The lowest BCUT2D eigenvalue weighted by atomic mass is 10.1. The molecule has 0 atom stereocenters.